The van der Waals surface area contributed by atoms with Crippen LogP contribution in [0, 0.1) is 0 Å². The second kappa shape index (κ2) is 8.80. The van der Waals surface area contributed by atoms with Gasteiger partial charge in [0.15, 0.2) is 0 Å². The number of unbranched alkanes of at least 4 members (excludes halogenated alkanes) is 2. The summed E-state index contributed by atoms with van der Waals surface area (Å²) in [5, 5.41) is 0. The van der Waals surface area contributed by atoms with Crippen LogP contribution in [0.4, 0.5) is 0 Å². The first kappa shape index (κ1) is 9.80. The number of rotatable bonds is 6. The Hall–Kier alpha value is 0.799. The Labute approximate surface area is 71.1 Å². The van der Waals surface area contributed by atoms with Crippen molar-refractivity contribution in [2.75, 3.05) is 0 Å². The van der Waals surface area contributed by atoms with E-state index in [4.69, 9.17) is 0 Å². The van der Waals surface area contributed by atoms with Crippen LogP contribution in [-0.2, 0) is 0 Å². The average Bonchev–Trinajstić information content (AvgIpc) is 1.89. The molecule has 0 heterocycles. The van der Waals surface area contributed by atoms with Gasteiger partial charge in [0.25, 0.3) is 0 Å². The van der Waals surface area contributed by atoms with E-state index in [1.807, 2.05) is 0 Å². The van der Waals surface area contributed by atoms with E-state index in [0.717, 1.165) is 0 Å². The van der Waals surface area contributed by atoms with Gasteiger partial charge in [0.1, 0.15) is 0 Å². The molecule has 0 aliphatic carbocycles. The fourth-order valence-corrected chi connectivity index (χ4v) is 4.89. The van der Waals surface area contributed by atoms with Crippen LogP contribution < -0.4 is 0 Å². The topological polar surface area (TPSA) is 0 Å². The van der Waals surface area contributed by atoms with Crippen molar-refractivity contribution in [2.45, 2.75) is 48.4 Å². The summed E-state index contributed by atoms with van der Waals surface area (Å²) < 4.78 is 3.25. The summed E-state index contributed by atoms with van der Waals surface area (Å²) in [4.78, 5) is 0. The summed E-state index contributed by atoms with van der Waals surface area (Å²) in [6, 6.07) is 0. The van der Waals surface area contributed by atoms with E-state index in [1.165, 1.54) is 25.7 Å². The van der Waals surface area contributed by atoms with E-state index in [9.17, 15) is 0 Å². The van der Waals surface area contributed by atoms with Crippen LogP contribution in [0.3, 0.4) is 0 Å². The van der Waals surface area contributed by atoms with Crippen LogP contribution >= 0.6 is 0 Å². The van der Waals surface area contributed by atoms with Crippen molar-refractivity contribution in [1.82, 2.24) is 0 Å². The van der Waals surface area contributed by atoms with Gasteiger partial charge in [-0.25, -0.2) is 0 Å². The van der Waals surface area contributed by atoms with Crippen LogP contribution in [0.5, 0.6) is 0 Å². The smallest absolute Gasteiger partial charge is 1.00 e. The molecule has 0 unspecified atom stereocenters. The molecule has 0 spiro atoms. The molecule has 0 N–H and O–H groups in total. The molecule has 0 bridgehead atoms. The molecule has 2 radical (unpaired) electrons. The van der Waals surface area contributed by atoms with Gasteiger partial charge < -0.3 is 1.43 Å². The number of hydrogen-bond acceptors (Lipinski definition) is 0. The Morgan fingerprint density at radius 1 is 1.00 bits per heavy atom. The van der Waals surface area contributed by atoms with Gasteiger partial charge in [-0.3, -0.25) is 0 Å². The molecule has 9 heavy (non-hydrogen) atoms. The van der Waals surface area contributed by atoms with Crippen molar-refractivity contribution in [2.24, 2.45) is 0 Å². The Balaban J connectivity index is 0. The average molecular weight is 234 g/mol. The van der Waals surface area contributed by atoms with E-state index in [-0.39, 0.29) is 22.6 Å². The third-order valence-electron chi connectivity index (χ3n) is 1.41. The second-order valence-corrected chi connectivity index (χ2v) is 6.74. The van der Waals surface area contributed by atoms with Gasteiger partial charge in [0, 0.05) is 0 Å². The SMILES string of the molecule is CCC[CH2][Sn][CH2]CCC.[H-]. The van der Waals surface area contributed by atoms with E-state index >= 15 is 0 Å². The van der Waals surface area contributed by atoms with Crippen molar-refractivity contribution in [1.29, 1.82) is 0 Å². The molecule has 0 aromatic carbocycles. The zero-order valence-corrected chi connectivity index (χ0v) is 9.60. The van der Waals surface area contributed by atoms with E-state index in [1.54, 1.807) is 8.87 Å². The van der Waals surface area contributed by atoms with E-state index in [2.05, 4.69) is 13.8 Å². The van der Waals surface area contributed by atoms with Gasteiger partial charge in [0.2, 0.25) is 0 Å². The molecular weight excluding hydrogens is 215 g/mol. The first-order valence-electron chi connectivity index (χ1n) is 4.12. The summed E-state index contributed by atoms with van der Waals surface area (Å²) in [7, 11) is 0. The molecule has 1 heteroatoms. The molecule has 0 saturated carbocycles. The number of hydrogen-bond donors (Lipinski definition) is 0. The molecule has 0 atom stereocenters. The van der Waals surface area contributed by atoms with Gasteiger partial charge in [0.05, 0.1) is 0 Å². The van der Waals surface area contributed by atoms with Crippen LogP contribution in [0.15, 0.2) is 0 Å². The molecule has 0 aromatic heterocycles. The molecule has 0 amide bonds. The molecule has 56 valence electrons. The molecule has 0 aromatic rings. The fourth-order valence-electron chi connectivity index (χ4n) is 0.729. The zero-order valence-electron chi connectivity index (χ0n) is 7.74. The van der Waals surface area contributed by atoms with Crippen molar-refractivity contribution < 1.29 is 1.43 Å². The van der Waals surface area contributed by atoms with Gasteiger partial charge in [-0.05, 0) is 0 Å². The summed E-state index contributed by atoms with van der Waals surface area (Å²) in [6.07, 6.45) is 5.84. The van der Waals surface area contributed by atoms with Crippen molar-refractivity contribution in [3.8, 4) is 0 Å². The Bertz CT molecular complexity index is 42.5. The summed E-state index contributed by atoms with van der Waals surface area (Å²) in [6.45, 7) is 4.58. The maximum absolute atomic E-state index is 2.29. The Morgan fingerprint density at radius 2 is 1.44 bits per heavy atom. The van der Waals surface area contributed by atoms with Gasteiger partial charge in [-0.1, -0.05) is 0 Å². The van der Waals surface area contributed by atoms with E-state index in [0.29, 0.717) is 0 Å². The van der Waals surface area contributed by atoms with Gasteiger partial charge in [-0.2, -0.15) is 0 Å². The third-order valence-corrected chi connectivity index (χ3v) is 5.45. The van der Waals surface area contributed by atoms with E-state index < -0.39 is 0 Å². The minimum absolute atomic E-state index is 0. The minimum Gasteiger partial charge on any atom is -1.00 e. The first-order valence-corrected chi connectivity index (χ1v) is 8.16. The second-order valence-electron chi connectivity index (χ2n) is 2.46. The maximum atomic E-state index is 2.29. The van der Waals surface area contributed by atoms with Crippen LogP contribution in [0.2, 0.25) is 8.87 Å². The summed E-state index contributed by atoms with van der Waals surface area (Å²) in [5.41, 5.74) is 0. The Morgan fingerprint density at radius 3 is 1.78 bits per heavy atom. The first-order chi connectivity index (χ1) is 4.41. The monoisotopic (exact) mass is 235 g/mol. The van der Waals surface area contributed by atoms with Gasteiger partial charge in [-0.15, -0.1) is 0 Å². The quantitative estimate of drug-likeness (QED) is 0.488. The van der Waals surface area contributed by atoms with Crippen molar-refractivity contribution in [3.63, 3.8) is 0 Å². The normalized spacial score (nSPS) is 10.0. The minimum atomic E-state index is 0. The molecule has 0 aliphatic heterocycles. The molecule has 0 aliphatic rings. The van der Waals surface area contributed by atoms with Gasteiger partial charge >= 0.3 is 69.5 Å². The third kappa shape index (κ3) is 8.80. The summed E-state index contributed by atoms with van der Waals surface area (Å²) in [5.74, 6) is 0. The molecule has 0 rings (SSSR count). The van der Waals surface area contributed by atoms with Crippen LogP contribution in [0.1, 0.15) is 41.0 Å². The van der Waals surface area contributed by atoms with Crippen molar-refractivity contribution >= 4 is 21.1 Å². The summed E-state index contributed by atoms with van der Waals surface area (Å²) >= 11 is 0.149. The predicted octanol–water partition coefficient (Wildman–Crippen LogP) is 3.24. The zero-order chi connectivity index (χ0) is 6.95. The van der Waals surface area contributed by atoms with Crippen molar-refractivity contribution in [3.05, 3.63) is 0 Å². The largest absolute Gasteiger partial charge is 1.00 e. The molecule has 0 saturated heterocycles. The molecular formula is C8H19Sn-. The van der Waals surface area contributed by atoms with Crippen LogP contribution in [-0.4, -0.2) is 21.1 Å². The molecule has 0 nitrogen and oxygen atoms in total. The Kier molecular flexibility index (Phi) is 9.58. The standard InChI is InChI=1S/2C4H9.Sn.H/c2*1-3-4-2;;/h2*1,3-4H2,2H3;;/q;;;-1. The van der Waals surface area contributed by atoms with Crippen LogP contribution in [0.25, 0.3) is 0 Å². The predicted molar refractivity (Wildman–Crippen MR) is 46.3 cm³/mol. The maximum Gasteiger partial charge on any atom is -1.00 e. The fraction of sp³-hybridized carbons (Fsp3) is 1.00. The molecule has 0 fully saturated rings.